The fraction of sp³-hybridized carbons (Fsp3) is 0.200. The molecule has 2 aromatic rings. The summed E-state index contributed by atoms with van der Waals surface area (Å²) in [6.07, 6.45) is 3.72. The molecule has 5 heteroatoms. The maximum Gasteiger partial charge on any atom is 0.347 e. The Kier molecular flexibility index (Phi) is 2.10. The molecule has 1 saturated heterocycles. The molecule has 0 unspecified atom stereocenters. The number of fused-ring (bicyclic) bond motifs is 3. The van der Waals surface area contributed by atoms with Gasteiger partial charge in [0, 0.05) is 0 Å². The third-order valence-electron chi connectivity index (χ3n) is 3.70. The number of ether oxygens (including phenoxy) is 1. The fourth-order valence-electron chi connectivity index (χ4n) is 2.70. The first-order valence-electron chi connectivity index (χ1n) is 6.38. The number of carbonyl (C=O) groups excluding carboxylic acids is 1. The van der Waals surface area contributed by atoms with Crippen LogP contribution in [-0.2, 0) is 4.79 Å². The SMILES string of the molecule is O=C1C[C@]2(C=Cc3c(c4ccccc4oc3=O)O2)CN1. The minimum Gasteiger partial charge on any atom is -0.479 e. The third kappa shape index (κ3) is 1.49. The molecule has 3 heterocycles. The number of carbonyl (C=O) groups is 1. The molecule has 5 nitrogen and oxygen atoms in total. The van der Waals surface area contributed by atoms with E-state index in [0.29, 0.717) is 23.4 Å². The van der Waals surface area contributed by atoms with E-state index in [2.05, 4.69) is 5.32 Å². The molecule has 1 fully saturated rings. The summed E-state index contributed by atoms with van der Waals surface area (Å²) in [6.45, 7) is 0.413. The van der Waals surface area contributed by atoms with Crippen LogP contribution in [0.25, 0.3) is 17.0 Å². The van der Waals surface area contributed by atoms with Gasteiger partial charge in [0.15, 0.2) is 5.60 Å². The van der Waals surface area contributed by atoms with E-state index in [4.69, 9.17) is 9.15 Å². The van der Waals surface area contributed by atoms with Crippen molar-refractivity contribution < 1.29 is 13.9 Å². The van der Waals surface area contributed by atoms with Crippen LogP contribution in [0.2, 0.25) is 0 Å². The van der Waals surface area contributed by atoms with Gasteiger partial charge in [-0.2, -0.15) is 0 Å². The molecule has 0 bridgehead atoms. The largest absolute Gasteiger partial charge is 0.479 e. The van der Waals surface area contributed by atoms with Crippen molar-refractivity contribution in [2.24, 2.45) is 0 Å². The summed E-state index contributed by atoms with van der Waals surface area (Å²) >= 11 is 0. The summed E-state index contributed by atoms with van der Waals surface area (Å²) in [5.41, 5.74) is -0.240. The van der Waals surface area contributed by atoms with Crippen LogP contribution in [0.1, 0.15) is 12.0 Å². The smallest absolute Gasteiger partial charge is 0.347 e. The second-order valence-corrected chi connectivity index (χ2v) is 5.08. The van der Waals surface area contributed by atoms with Crippen LogP contribution < -0.4 is 15.7 Å². The van der Waals surface area contributed by atoms with E-state index < -0.39 is 11.2 Å². The maximum absolute atomic E-state index is 12.0. The number of nitrogens with one attached hydrogen (secondary N) is 1. The minimum atomic E-state index is -0.694. The van der Waals surface area contributed by atoms with Crippen molar-refractivity contribution in [2.45, 2.75) is 12.0 Å². The molecule has 1 N–H and O–H groups in total. The molecule has 0 radical (unpaired) electrons. The number of para-hydroxylation sites is 1. The third-order valence-corrected chi connectivity index (χ3v) is 3.70. The quantitative estimate of drug-likeness (QED) is 0.735. The molecule has 1 aromatic carbocycles. The Labute approximate surface area is 113 Å². The van der Waals surface area contributed by atoms with Gasteiger partial charge in [-0.3, -0.25) is 4.79 Å². The van der Waals surface area contributed by atoms with E-state index in [1.807, 2.05) is 12.1 Å². The fourth-order valence-corrected chi connectivity index (χ4v) is 2.70. The van der Waals surface area contributed by atoms with Gasteiger partial charge in [0.1, 0.15) is 16.9 Å². The van der Waals surface area contributed by atoms with Crippen molar-refractivity contribution in [1.29, 1.82) is 0 Å². The van der Waals surface area contributed by atoms with Gasteiger partial charge >= 0.3 is 5.63 Å². The van der Waals surface area contributed by atoms with Crippen molar-refractivity contribution in [2.75, 3.05) is 6.54 Å². The Morgan fingerprint density at radius 1 is 1.20 bits per heavy atom. The molecule has 0 saturated carbocycles. The van der Waals surface area contributed by atoms with E-state index in [-0.39, 0.29) is 12.3 Å². The summed E-state index contributed by atoms with van der Waals surface area (Å²) in [5.74, 6) is 0.446. The highest BCUT2D eigenvalue weighted by Gasteiger charge is 2.41. The van der Waals surface area contributed by atoms with Crippen LogP contribution in [-0.4, -0.2) is 18.1 Å². The van der Waals surface area contributed by atoms with Gasteiger partial charge < -0.3 is 14.5 Å². The average molecular weight is 269 g/mol. The Morgan fingerprint density at radius 2 is 2.05 bits per heavy atom. The van der Waals surface area contributed by atoms with Gasteiger partial charge in [-0.05, 0) is 24.3 Å². The molecule has 1 amide bonds. The Bertz CT molecular complexity index is 820. The molecule has 1 aromatic heterocycles. The van der Waals surface area contributed by atoms with E-state index >= 15 is 0 Å². The molecule has 1 atom stereocenters. The molecular formula is C15H11NO4. The predicted octanol–water partition coefficient (Wildman–Crippen LogP) is 1.46. The summed E-state index contributed by atoms with van der Waals surface area (Å²) in [5, 5.41) is 3.50. The summed E-state index contributed by atoms with van der Waals surface area (Å²) in [6, 6.07) is 7.22. The van der Waals surface area contributed by atoms with Crippen molar-refractivity contribution in [3.05, 3.63) is 46.3 Å². The van der Waals surface area contributed by atoms with Crippen LogP contribution in [0.5, 0.6) is 5.75 Å². The van der Waals surface area contributed by atoms with Gasteiger partial charge in [0.25, 0.3) is 0 Å². The van der Waals surface area contributed by atoms with Crippen LogP contribution in [0.3, 0.4) is 0 Å². The number of rotatable bonds is 0. The molecule has 2 aliphatic rings. The van der Waals surface area contributed by atoms with Crippen LogP contribution in [0, 0.1) is 0 Å². The Morgan fingerprint density at radius 3 is 2.85 bits per heavy atom. The van der Waals surface area contributed by atoms with Gasteiger partial charge in [0.05, 0.1) is 18.4 Å². The Hall–Kier alpha value is -2.56. The van der Waals surface area contributed by atoms with Crippen molar-refractivity contribution in [3.8, 4) is 5.75 Å². The average Bonchev–Trinajstić information content (AvgIpc) is 2.80. The van der Waals surface area contributed by atoms with Crippen molar-refractivity contribution >= 4 is 23.0 Å². The maximum atomic E-state index is 12.0. The molecule has 4 rings (SSSR count). The Balaban J connectivity index is 1.96. The van der Waals surface area contributed by atoms with Gasteiger partial charge in [0.2, 0.25) is 5.91 Å². The molecule has 1 spiro atoms. The zero-order valence-corrected chi connectivity index (χ0v) is 10.5. The number of amides is 1. The lowest BCUT2D eigenvalue weighted by Gasteiger charge is -2.29. The number of benzene rings is 1. The van der Waals surface area contributed by atoms with E-state index in [0.717, 1.165) is 5.39 Å². The molecule has 0 aliphatic carbocycles. The first kappa shape index (κ1) is 11.3. The topological polar surface area (TPSA) is 68.5 Å². The predicted molar refractivity (Wildman–Crippen MR) is 72.5 cm³/mol. The highest BCUT2D eigenvalue weighted by Crippen LogP contribution is 2.37. The van der Waals surface area contributed by atoms with E-state index in [1.165, 1.54) is 0 Å². The standard InChI is InChI=1S/C15H11NO4/c17-12-7-15(8-16-12)6-5-10-13(20-15)9-3-1-2-4-11(9)19-14(10)18/h1-6H,7-8H2,(H,16,17)/t15-/m1/s1. The molecular weight excluding hydrogens is 258 g/mol. The molecule has 100 valence electrons. The monoisotopic (exact) mass is 269 g/mol. The minimum absolute atomic E-state index is 0.0506. The lowest BCUT2D eigenvalue weighted by atomic mass is 9.97. The van der Waals surface area contributed by atoms with Gasteiger partial charge in [-0.1, -0.05) is 12.1 Å². The normalized spacial score (nSPS) is 23.7. The summed E-state index contributed by atoms with van der Waals surface area (Å²) in [7, 11) is 0. The lowest BCUT2D eigenvalue weighted by molar-refractivity contribution is -0.119. The second-order valence-electron chi connectivity index (χ2n) is 5.08. The van der Waals surface area contributed by atoms with Crippen molar-refractivity contribution in [3.63, 3.8) is 0 Å². The summed E-state index contributed by atoms with van der Waals surface area (Å²) < 4.78 is 11.3. The van der Waals surface area contributed by atoms with Crippen molar-refractivity contribution in [1.82, 2.24) is 5.32 Å². The first-order chi connectivity index (χ1) is 9.67. The second kappa shape index (κ2) is 3.72. The van der Waals surface area contributed by atoms with Gasteiger partial charge in [-0.25, -0.2) is 4.79 Å². The number of hydrogen-bond donors (Lipinski definition) is 1. The van der Waals surface area contributed by atoms with Crippen LogP contribution >= 0.6 is 0 Å². The lowest BCUT2D eigenvalue weighted by Crippen LogP contribution is -2.38. The molecule has 2 aliphatic heterocycles. The van der Waals surface area contributed by atoms with E-state index in [1.54, 1.807) is 24.3 Å². The molecule has 20 heavy (non-hydrogen) atoms. The zero-order chi connectivity index (χ0) is 13.7. The van der Waals surface area contributed by atoms with Crippen LogP contribution in [0.4, 0.5) is 0 Å². The summed E-state index contributed by atoms with van der Waals surface area (Å²) in [4.78, 5) is 23.4. The van der Waals surface area contributed by atoms with E-state index in [9.17, 15) is 9.59 Å². The number of hydrogen-bond acceptors (Lipinski definition) is 4. The van der Waals surface area contributed by atoms with Crippen LogP contribution in [0.15, 0.2) is 39.6 Å². The highest BCUT2D eigenvalue weighted by atomic mass is 16.5. The zero-order valence-electron chi connectivity index (χ0n) is 10.5. The highest BCUT2D eigenvalue weighted by molar-refractivity contribution is 5.88. The first-order valence-corrected chi connectivity index (χ1v) is 6.38. The van der Waals surface area contributed by atoms with Gasteiger partial charge in [-0.15, -0.1) is 0 Å².